The summed E-state index contributed by atoms with van der Waals surface area (Å²) >= 11 is 1.42. The quantitative estimate of drug-likeness (QED) is 0.392. The van der Waals surface area contributed by atoms with Gasteiger partial charge in [-0.05, 0) is 63.3 Å². The fourth-order valence-electron chi connectivity index (χ4n) is 6.78. The predicted molar refractivity (Wildman–Crippen MR) is 154 cm³/mol. The third-order valence-corrected chi connectivity index (χ3v) is 10.4. The van der Waals surface area contributed by atoms with E-state index in [1.807, 2.05) is 13.0 Å². The summed E-state index contributed by atoms with van der Waals surface area (Å²) in [6.45, 7) is 2.90. The Hall–Kier alpha value is -3.42. The lowest BCUT2D eigenvalue weighted by molar-refractivity contribution is -0.317. The number of aromatic nitrogens is 1. The number of anilines is 2. The van der Waals surface area contributed by atoms with Crippen molar-refractivity contribution >= 4 is 44.2 Å². The molecule has 5 aliphatic rings. The van der Waals surface area contributed by atoms with Gasteiger partial charge < -0.3 is 29.7 Å². The van der Waals surface area contributed by atoms with Gasteiger partial charge >= 0.3 is 6.18 Å². The zero-order valence-electron chi connectivity index (χ0n) is 23.7. The Morgan fingerprint density at radius 3 is 2.47 bits per heavy atom. The molecular weight excluding hydrogens is 585 g/mol. The van der Waals surface area contributed by atoms with Crippen LogP contribution in [0.25, 0.3) is 10.2 Å². The second-order valence-electron chi connectivity index (χ2n) is 12.0. The molecule has 43 heavy (non-hydrogen) atoms. The summed E-state index contributed by atoms with van der Waals surface area (Å²) < 4.78 is 58.1. The van der Waals surface area contributed by atoms with Gasteiger partial charge in [0.2, 0.25) is 0 Å². The highest BCUT2D eigenvalue weighted by molar-refractivity contribution is 7.22. The van der Waals surface area contributed by atoms with E-state index in [0.29, 0.717) is 34.7 Å². The zero-order chi connectivity index (χ0) is 30.1. The number of hydrogen-bond acceptors (Lipinski definition) is 8. The number of methoxy groups -OCH3 is 1. The topological polar surface area (TPSA) is 102 Å². The second-order valence-corrected chi connectivity index (χ2v) is 13.0. The van der Waals surface area contributed by atoms with Gasteiger partial charge in [0, 0.05) is 0 Å². The lowest BCUT2D eigenvalue weighted by Crippen LogP contribution is -2.66. The van der Waals surface area contributed by atoms with E-state index in [-0.39, 0.29) is 55.6 Å². The van der Waals surface area contributed by atoms with Crippen molar-refractivity contribution in [1.29, 1.82) is 0 Å². The number of nitrogens with zero attached hydrogens (tertiary/aromatic N) is 2. The van der Waals surface area contributed by atoms with E-state index in [0.717, 1.165) is 17.1 Å². The zero-order valence-corrected chi connectivity index (χ0v) is 24.5. The first-order valence-electron chi connectivity index (χ1n) is 14.3. The number of benzene rings is 2. The highest BCUT2D eigenvalue weighted by atomic mass is 32.1. The smallest absolute Gasteiger partial charge is 0.417 e. The molecule has 4 bridgehead atoms. The van der Waals surface area contributed by atoms with Gasteiger partial charge in [-0.3, -0.25) is 9.59 Å². The third kappa shape index (κ3) is 4.63. The summed E-state index contributed by atoms with van der Waals surface area (Å²) in [5.41, 5.74) is -0.777. The van der Waals surface area contributed by atoms with Crippen molar-refractivity contribution in [1.82, 2.24) is 10.3 Å². The van der Waals surface area contributed by atoms with Gasteiger partial charge in [0.25, 0.3) is 11.8 Å². The number of morpholine rings is 1. The molecule has 2 N–H and O–H groups in total. The highest BCUT2D eigenvalue weighted by Gasteiger charge is 2.63. The van der Waals surface area contributed by atoms with Crippen LogP contribution in [-0.4, -0.2) is 73.1 Å². The van der Waals surface area contributed by atoms with Gasteiger partial charge in [0.15, 0.2) is 10.7 Å². The molecule has 0 spiro atoms. The summed E-state index contributed by atoms with van der Waals surface area (Å²) in [6, 6.07) is 9.16. The first-order chi connectivity index (χ1) is 20.5. The van der Waals surface area contributed by atoms with Crippen molar-refractivity contribution < 1.29 is 37.0 Å². The molecule has 13 heteroatoms. The van der Waals surface area contributed by atoms with Crippen LogP contribution in [0, 0.1) is 6.92 Å². The fraction of sp³-hybridized carbons (Fsp3) is 0.500. The van der Waals surface area contributed by atoms with Crippen LogP contribution >= 0.6 is 11.3 Å². The van der Waals surface area contributed by atoms with E-state index in [1.54, 1.807) is 24.3 Å². The lowest BCUT2D eigenvalue weighted by atomic mass is 9.70. The number of alkyl halides is 3. The Labute approximate surface area is 249 Å². The standard InChI is InChI=1S/C30H31F3N4O5S/c1-16-3-4-20(19(11-16)25(38)36-28-7-9-29(10-8-28,42-15-28)30(31,32)33)34-26(39)23-22(40-2)6-5-21-24(23)43-27(35-21)37-17-12-18(37)14-41-13-17/h3-6,11,17-18H,7-10,12-15H2,1-2H3,(H,34,39)(H,36,38). The maximum Gasteiger partial charge on any atom is 0.417 e. The molecule has 4 saturated heterocycles. The number of fused-ring (bicyclic) bond motifs is 6. The molecule has 1 aliphatic carbocycles. The van der Waals surface area contributed by atoms with E-state index < -0.39 is 29.1 Å². The molecule has 1 saturated carbocycles. The summed E-state index contributed by atoms with van der Waals surface area (Å²) in [6.07, 6.45) is -3.50. The number of carbonyl (C=O) groups excluding carboxylic acids is 2. The average molecular weight is 617 g/mol. The van der Waals surface area contributed by atoms with Gasteiger partial charge in [-0.25, -0.2) is 4.98 Å². The van der Waals surface area contributed by atoms with Crippen molar-refractivity contribution in [2.75, 3.05) is 37.1 Å². The number of aryl methyl sites for hydroxylation is 1. The second kappa shape index (κ2) is 10.1. The largest absolute Gasteiger partial charge is 0.496 e. The number of ether oxygens (including phenoxy) is 3. The summed E-state index contributed by atoms with van der Waals surface area (Å²) in [5.74, 6) is -0.575. The summed E-state index contributed by atoms with van der Waals surface area (Å²) in [7, 11) is 1.49. The molecule has 0 radical (unpaired) electrons. The molecule has 228 valence electrons. The number of amides is 2. The van der Waals surface area contributed by atoms with E-state index in [1.165, 1.54) is 18.4 Å². The number of halogens is 3. The molecular formula is C30H31F3N4O5S. The predicted octanol–water partition coefficient (Wildman–Crippen LogP) is 5.22. The van der Waals surface area contributed by atoms with Crippen LogP contribution in [0.5, 0.6) is 5.75 Å². The number of carbonyl (C=O) groups is 2. The average Bonchev–Trinajstić information content (AvgIpc) is 3.41. The minimum atomic E-state index is -4.46. The minimum Gasteiger partial charge on any atom is -0.496 e. The molecule has 2 amide bonds. The van der Waals surface area contributed by atoms with Crippen LogP contribution in [0.3, 0.4) is 0 Å². The number of nitrogens with one attached hydrogen (secondary N) is 2. The molecule has 2 unspecified atom stereocenters. The monoisotopic (exact) mass is 616 g/mol. The molecule has 5 heterocycles. The van der Waals surface area contributed by atoms with E-state index in [9.17, 15) is 22.8 Å². The Morgan fingerprint density at radius 1 is 1.09 bits per heavy atom. The van der Waals surface area contributed by atoms with Crippen LogP contribution in [0.2, 0.25) is 0 Å². The molecule has 9 nitrogen and oxygen atoms in total. The van der Waals surface area contributed by atoms with Crippen LogP contribution in [0.15, 0.2) is 30.3 Å². The Balaban J connectivity index is 1.15. The van der Waals surface area contributed by atoms with Crippen molar-refractivity contribution in [3.05, 3.63) is 47.0 Å². The van der Waals surface area contributed by atoms with Crippen LogP contribution in [0.1, 0.15) is 58.4 Å². The number of rotatable bonds is 6. The van der Waals surface area contributed by atoms with E-state index in [4.69, 9.17) is 19.2 Å². The first-order valence-corrected chi connectivity index (χ1v) is 15.1. The van der Waals surface area contributed by atoms with Crippen molar-refractivity contribution in [2.24, 2.45) is 0 Å². The molecule has 3 aromatic rings. The Bertz CT molecular complexity index is 1590. The summed E-state index contributed by atoms with van der Waals surface area (Å²) in [4.78, 5) is 34.6. The van der Waals surface area contributed by atoms with Gasteiger partial charge in [-0.1, -0.05) is 23.0 Å². The van der Waals surface area contributed by atoms with Crippen molar-refractivity contribution in [3.8, 4) is 5.75 Å². The summed E-state index contributed by atoms with van der Waals surface area (Å²) in [5, 5.41) is 6.68. The maximum absolute atomic E-state index is 13.9. The lowest BCUT2D eigenvalue weighted by Gasteiger charge is -2.53. The van der Waals surface area contributed by atoms with Gasteiger partial charge in [-0.15, -0.1) is 0 Å². The molecule has 1 aromatic heterocycles. The van der Waals surface area contributed by atoms with Crippen LogP contribution in [-0.2, 0) is 9.47 Å². The molecule has 8 rings (SSSR count). The van der Waals surface area contributed by atoms with E-state index in [2.05, 4.69) is 15.5 Å². The van der Waals surface area contributed by atoms with Gasteiger partial charge in [-0.2, -0.15) is 13.2 Å². The van der Waals surface area contributed by atoms with Crippen molar-refractivity contribution in [3.63, 3.8) is 0 Å². The molecule has 5 fully saturated rings. The molecule has 2 aromatic carbocycles. The van der Waals surface area contributed by atoms with Gasteiger partial charge in [0.1, 0.15) is 11.3 Å². The minimum absolute atomic E-state index is 0.156. The molecule has 4 aliphatic heterocycles. The Morgan fingerprint density at radius 2 is 1.84 bits per heavy atom. The van der Waals surface area contributed by atoms with E-state index >= 15 is 0 Å². The number of hydrogen-bond donors (Lipinski definition) is 2. The Kier molecular flexibility index (Phi) is 6.64. The van der Waals surface area contributed by atoms with Crippen LogP contribution < -0.4 is 20.3 Å². The third-order valence-electron chi connectivity index (χ3n) is 9.33. The van der Waals surface area contributed by atoms with Gasteiger partial charge in [0.05, 0.1) is 66.0 Å². The highest BCUT2D eigenvalue weighted by Crippen LogP contribution is 2.51. The normalized spacial score (nSPS) is 28.0. The maximum atomic E-state index is 13.9. The molecule has 2 atom stereocenters. The SMILES string of the molecule is COc1ccc2nc(N3C4COCC3C4)sc2c1C(=O)Nc1ccc(C)cc1C(=O)NC12CCC(C(F)(F)F)(CC1)OC2. The fourth-order valence-corrected chi connectivity index (χ4v) is 8.02. The van der Waals surface area contributed by atoms with Crippen molar-refractivity contribution in [2.45, 2.75) is 68.4 Å². The number of thiazole rings is 1. The first kappa shape index (κ1) is 28.4. The van der Waals surface area contributed by atoms with Crippen LogP contribution in [0.4, 0.5) is 24.0 Å².